The molecule has 1 unspecified atom stereocenters. The third-order valence-electron chi connectivity index (χ3n) is 7.24. The number of rotatable bonds is 13. The van der Waals surface area contributed by atoms with Gasteiger partial charge in [0.2, 0.25) is 0 Å². The zero-order chi connectivity index (χ0) is 20.3. The molecule has 0 aromatic carbocycles. The lowest BCUT2D eigenvalue weighted by molar-refractivity contribution is 0.435. The lowest BCUT2D eigenvalue weighted by Crippen LogP contribution is -2.22. The minimum Gasteiger partial charge on any atom is -0.0682 e. The minimum absolute atomic E-state index is 0.502. The zero-order valence-electron chi connectivity index (χ0n) is 20.2. The van der Waals surface area contributed by atoms with Crippen molar-refractivity contribution in [3.05, 3.63) is 0 Å². The second kappa shape index (κ2) is 17.9. The summed E-state index contributed by atoms with van der Waals surface area (Å²) < 4.78 is 0. The molecular weight excluding hydrogens is 335 g/mol. The first-order valence-electron chi connectivity index (χ1n) is 13.6. The Morgan fingerprint density at radius 1 is 0.571 bits per heavy atom. The van der Waals surface area contributed by atoms with Crippen molar-refractivity contribution in [3.8, 4) is 0 Å². The van der Waals surface area contributed by atoms with Crippen LogP contribution in [0.15, 0.2) is 0 Å². The smallest absolute Gasteiger partial charge is 0.0682 e. The van der Waals surface area contributed by atoms with Crippen molar-refractivity contribution in [2.24, 2.45) is 0 Å². The molecule has 0 nitrogen and oxygen atoms in total. The monoisotopic (exact) mass is 389 g/mol. The van der Waals surface area contributed by atoms with Crippen LogP contribution in [0.5, 0.6) is 0 Å². The molecule has 0 bridgehead atoms. The molecule has 1 rings (SSSR count). The number of hydrogen-bond acceptors (Lipinski definition) is 0. The van der Waals surface area contributed by atoms with Gasteiger partial charge in [-0.15, -0.1) is 0 Å². The molecule has 0 aliphatic heterocycles. The fourth-order valence-corrected chi connectivity index (χ4v) is 5.31. The van der Waals surface area contributed by atoms with Gasteiger partial charge in [0.15, 0.2) is 0 Å². The van der Waals surface area contributed by atoms with Gasteiger partial charge >= 0.3 is 0 Å². The van der Waals surface area contributed by atoms with Gasteiger partial charge in [-0.05, 0) is 0 Å². The Morgan fingerprint density at radius 3 is 1.43 bits per heavy atom. The van der Waals surface area contributed by atoms with E-state index < -0.39 is 0 Å². The van der Waals surface area contributed by atoms with Gasteiger partial charge in [0.05, 0.1) is 0 Å². The SMILES string of the molecule is CCCCCCCC(C)([B]C1CCCCCCCCCCC1)CCCCCC. The first-order chi connectivity index (χ1) is 13.7. The summed E-state index contributed by atoms with van der Waals surface area (Å²) in [6, 6.07) is 0. The van der Waals surface area contributed by atoms with Gasteiger partial charge in [0.25, 0.3) is 0 Å². The molecule has 1 heteroatoms. The fraction of sp³-hybridized carbons (Fsp3) is 1.00. The molecule has 1 radical (unpaired) electrons. The summed E-state index contributed by atoms with van der Waals surface area (Å²) in [5.41, 5.74) is 0. The van der Waals surface area contributed by atoms with E-state index in [0.717, 1.165) is 5.82 Å². The summed E-state index contributed by atoms with van der Waals surface area (Å²) in [6.07, 6.45) is 32.0. The van der Waals surface area contributed by atoms with Crippen LogP contribution < -0.4 is 0 Å². The molecule has 1 aliphatic rings. The summed E-state index contributed by atoms with van der Waals surface area (Å²) in [4.78, 5) is 0. The highest BCUT2D eigenvalue weighted by Crippen LogP contribution is 2.42. The largest absolute Gasteiger partial charge is 0.121 e. The van der Waals surface area contributed by atoms with Gasteiger partial charge in [0.1, 0.15) is 7.28 Å². The van der Waals surface area contributed by atoms with Crippen molar-refractivity contribution in [2.45, 2.75) is 173 Å². The average molecular weight is 390 g/mol. The predicted molar refractivity (Wildman–Crippen MR) is 131 cm³/mol. The van der Waals surface area contributed by atoms with Gasteiger partial charge in [-0.25, -0.2) is 0 Å². The first kappa shape index (κ1) is 26.1. The summed E-state index contributed by atoms with van der Waals surface area (Å²) in [5.74, 6) is 0.895. The second-order valence-corrected chi connectivity index (χ2v) is 10.3. The minimum atomic E-state index is 0.502. The Morgan fingerprint density at radius 2 is 0.964 bits per heavy atom. The van der Waals surface area contributed by atoms with Crippen molar-refractivity contribution < 1.29 is 0 Å². The third kappa shape index (κ3) is 14.1. The van der Waals surface area contributed by atoms with Crippen molar-refractivity contribution in [3.63, 3.8) is 0 Å². The highest BCUT2D eigenvalue weighted by Gasteiger charge is 2.28. The predicted octanol–water partition coefficient (Wildman–Crippen LogP) is 10.3. The van der Waals surface area contributed by atoms with E-state index >= 15 is 0 Å². The van der Waals surface area contributed by atoms with Crippen LogP contribution in [0.4, 0.5) is 0 Å². The Bertz CT molecular complexity index is 314. The fourth-order valence-electron chi connectivity index (χ4n) is 5.31. The highest BCUT2D eigenvalue weighted by molar-refractivity contribution is 6.41. The van der Waals surface area contributed by atoms with Crippen molar-refractivity contribution in [1.29, 1.82) is 0 Å². The first-order valence-corrected chi connectivity index (χ1v) is 13.6. The Kier molecular flexibility index (Phi) is 16.7. The van der Waals surface area contributed by atoms with E-state index in [4.69, 9.17) is 0 Å². The standard InChI is InChI=1S/C27H54B/c1-4-6-8-17-21-25-27(3,24-20-9-7-5-2)28-26-22-18-15-13-11-10-12-14-16-19-23-26/h26H,4-25H2,1-3H3. The van der Waals surface area contributed by atoms with Crippen LogP contribution in [-0.2, 0) is 0 Å². The van der Waals surface area contributed by atoms with Gasteiger partial charge in [-0.1, -0.05) is 173 Å². The topological polar surface area (TPSA) is 0 Å². The summed E-state index contributed by atoms with van der Waals surface area (Å²) in [7, 11) is 2.89. The molecule has 1 fully saturated rings. The molecule has 0 aromatic rings. The Labute approximate surface area is 180 Å². The molecule has 0 heterocycles. The van der Waals surface area contributed by atoms with E-state index in [1.165, 1.54) is 141 Å². The van der Waals surface area contributed by atoms with Gasteiger partial charge in [0, 0.05) is 0 Å². The number of hydrogen-bond donors (Lipinski definition) is 0. The van der Waals surface area contributed by atoms with Crippen molar-refractivity contribution in [2.75, 3.05) is 0 Å². The lowest BCUT2D eigenvalue weighted by Gasteiger charge is -2.33. The van der Waals surface area contributed by atoms with Crippen molar-refractivity contribution >= 4 is 7.28 Å². The van der Waals surface area contributed by atoms with Crippen LogP contribution >= 0.6 is 0 Å². The zero-order valence-corrected chi connectivity index (χ0v) is 20.2. The highest BCUT2D eigenvalue weighted by atomic mass is 14.2. The molecule has 1 atom stereocenters. The molecule has 165 valence electrons. The summed E-state index contributed by atoms with van der Waals surface area (Å²) >= 11 is 0. The normalized spacial score (nSPS) is 20.1. The number of unbranched alkanes of at least 4 members (excludes halogenated alkanes) is 7. The Hall–Kier alpha value is 0.0649. The quantitative estimate of drug-likeness (QED) is 0.217. The van der Waals surface area contributed by atoms with Crippen molar-refractivity contribution in [1.82, 2.24) is 0 Å². The second-order valence-electron chi connectivity index (χ2n) is 10.3. The maximum atomic E-state index is 2.89. The van der Waals surface area contributed by atoms with E-state index in [2.05, 4.69) is 28.1 Å². The van der Waals surface area contributed by atoms with Crippen LogP contribution in [0.25, 0.3) is 0 Å². The van der Waals surface area contributed by atoms with E-state index in [1.54, 1.807) is 0 Å². The van der Waals surface area contributed by atoms with E-state index in [-0.39, 0.29) is 0 Å². The molecule has 1 aliphatic carbocycles. The van der Waals surface area contributed by atoms with Crippen LogP contribution in [0, 0.1) is 0 Å². The molecule has 0 aromatic heterocycles. The lowest BCUT2D eigenvalue weighted by atomic mass is 9.42. The van der Waals surface area contributed by atoms with Gasteiger partial charge in [-0.2, -0.15) is 0 Å². The van der Waals surface area contributed by atoms with Crippen LogP contribution in [-0.4, -0.2) is 7.28 Å². The van der Waals surface area contributed by atoms with Gasteiger partial charge in [-0.3, -0.25) is 0 Å². The van der Waals surface area contributed by atoms with Gasteiger partial charge < -0.3 is 0 Å². The van der Waals surface area contributed by atoms with Crippen LogP contribution in [0.3, 0.4) is 0 Å². The van der Waals surface area contributed by atoms with Crippen LogP contribution in [0.1, 0.15) is 162 Å². The molecule has 0 saturated heterocycles. The molecule has 0 amide bonds. The average Bonchev–Trinajstić information content (AvgIpc) is 2.67. The van der Waals surface area contributed by atoms with E-state index in [9.17, 15) is 0 Å². The summed E-state index contributed by atoms with van der Waals surface area (Å²) in [6.45, 7) is 7.29. The molecule has 1 saturated carbocycles. The molecule has 28 heavy (non-hydrogen) atoms. The summed E-state index contributed by atoms with van der Waals surface area (Å²) in [5, 5.41) is 0.502. The Balaban J connectivity index is 2.53. The van der Waals surface area contributed by atoms with Crippen LogP contribution in [0.2, 0.25) is 11.1 Å². The molecular formula is C27H54B. The third-order valence-corrected chi connectivity index (χ3v) is 7.24. The maximum Gasteiger partial charge on any atom is 0.121 e. The molecule has 0 N–H and O–H groups in total. The molecule has 0 spiro atoms. The van der Waals surface area contributed by atoms with E-state index in [1.807, 2.05) is 0 Å². The maximum absolute atomic E-state index is 2.89. The van der Waals surface area contributed by atoms with E-state index in [0.29, 0.717) is 5.31 Å².